The average molecular weight is 461 g/mol. The van der Waals surface area contributed by atoms with E-state index in [2.05, 4.69) is 37.6 Å². The van der Waals surface area contributed by atoms with Crippen molar-refractivity contribution in [2.45, 2.75) is 39.7 Å². The van der Waals surface area contributed by atoms with Crippen molar-refractivity contribution in [1.82, 2.24) is 9.80 Å². The average Bonchev–Trinajstić information content (AvgIpc) is 3.12. The highest BCUT2D eigenvalue weighted by Crippen LogP contribution is 2.68. The molecule has 3 fully saturated rings. The molecule has 0 spiro atoms. The summed E-state index contributed by atoms with van der Waals surface area (Å²) >= 11 is 0. The Bertz CT molecular complexity index is 854. The second-order valence-electron chi connectivity index (χ2n) is 10.8. The van der Waals surface area contributed by atoms with Gasteiger partial charge in [-0.3, -0.25) is 0 Å². The zero-order valence-electron chi connectivity index (χ0n) is 21.3. The molecule has 1 saturated heterocycles. The van der Waals surface area contributed by atoms with Crippen LogP contribution in [0.25, 0.3) is 0 Å². The van der Waals surface area contributed by atoms with Gasteiger partial charge in [0.1, 0.15) is 6.10 Å². The first-order valence-electron chi connectivity index (χ1n) is 12.1. The molecule has 0 N–H and O–H groups in total. The molecule has 184 valence electrons. The zero-order valence-corrected chi connectivity index (χ0v) is 21.3. The van der Waals surface area contributed by atoms with Gasteiger partial charge in [0.2, 0.25) is 5.75 Å². The van der Waals surface area contributed by atoms with Gasteiger partial charge < -0.3 is 28.7 Å². The largest absolute Gasteiger partial charge is 0.493 e. The van der Waals surface area contributed by atoms with Gasteiger partial charge in [-0.15, -0.1) is 0 Å². The summed E-state index contributed by atoms with van der Waals surface area (Å²) in [5.74, 6) is 1.95. The number of hydrogen-bond acceptors (Lipinski definition) is 7. The lowest BCUT2D eigenvalue weighted by atomic mass is 9.70. The lowest BCUT2D eigenvalue weighted by Crippen LogP contribution is -2.49. The number of ether oxygens (including phenoxy) is 4. The fraction of sp³-hybridized carbons (Fsp3) is 0.731. The number of hydrogen-bond donors (Lipinski definition) is 0. The highest BCUT2D eigenvalue weighted by molar-refractivity contribution is 5.91. The number of piperazine rings is 1. The van der Waals surface area contributed by atoms with Crippen molar-refractivity contribution >= 4 is 5.97 Å². The Morgan fingerprint density at radius 1 is 1.00 bits per heavy atom. The van der Waals surface area contributed by atoms with Crippen LogP contribution in [0.2, 0.25) is 0 Å². The van der Waals surface area contributed by atoms with E-state index in [0.29, 0.717) is 34.6 Å². The Morgan fingerprint density at radius 2 is 1.61 bits per heavy atom. The van der Waals surface area contributed by atoms with Crippen molar-refractivity contribution in [2.24, 2.45) is 22.7 Å². The quantitative estimate of drug-likeness (QED) is 0.577. The zero-order chi connectivity index (χ0) is 24.0. The Morgan fingerprint density at radius 3 is 2.15 bits per heavy atom. The van der Waals surface area contributed by atoms with Crippen LogP contribution in [0.15, 0.2) is 12.1 Å². The predicted molar refractivity (Wildman–Crippen MR) is 127 cm³/mol. The van der Waals surface area contributed by atoms with E-state index in [4.69, 9.17) is 18.9 Å². The molecule has 4 rings (SSSR count). The summed E-state index contributed by atoms with van der Waals surface area (Å²) in [5.41, 5.74) is 0.516. The maximum atomic E-state index is 13.5. The molecule has 33 heavy (non-hydrogen) atoms. The topological polar surface area (TPSA) is 60.5 Å². The first-order chi connectivity index (χ1) is 15.7. The van der Waals surface area contributed by atoms with E-state index in [0.717, 1.165) is 39.1 Å². The molecule has 0 amide bonds. The van der Waals surface area contributed by atoms with Crippen LogP contribution in [0.5, 0.6) is 17.2 Å². The maximum Gasteiger partial charge on any atom is 0.338 e. The molecule has 2 saturated carbocycles. The van der Waals surface area contributed by atoms with Crippen LogP contribution in [0.3, 0.4) is 0 Å². The molecule has 0 radical (unpaired) electrons. The van der Waals surface area contributed by atoms with E-state index in [9.17, 15) is 4.79 Å². The van der Waals surface area contributed by atoms with Crippen molar-refractivity contribution in [3.63, 3.8) is 0 Å². The van der Waals surface area contributed by atoms with E-state index in [1.807, 2.05) is 0 Å². The minimum absolute atomic E-state index is 0.0365. The Balaban J connectivity index is 1.60. The van der Waals surface area contributed by atoms with Crippen LogP contribution >= 0.6 is 0 Å². The Labute approximate surface area is 198 Å². The molecule has 2 bridgehead atoms. The number of benzene rings is 1. The van der Waals surface area contributed by atoms with Gasteiger partial charge in [0.25, 0.3) is 0 Å². The second-order valence-corrected chi connectivity index (χ2v) is 10.8. The maximum absolute atomic E-state index is 13.5. The van der Waals surface area contributed by atoms with E-state index >= 15 is 0 Å². The van der Waals surface area contributed by atoms with Crippen molar-refractivity contribution in [1.29, 1.82) is 0 Å². The standard InChI is InChI=1S/C26H40N2O5/c1-25(2)19-8-9-26(25,3)23(18(19)16-28-12-10-27(4)11-13-28)33-24(29)17-14-20(30-5)22(32-7)21(15-17)31-6/h14-15,18-19,23H,8-13,16H2,1-7H3. The van der Waals surface area contributed by atoms with Crippen molar-refractivity contribution in [3.8, 4) is 17.2 Å². The molecule has 4 unspecified atom stereocenters. The Kier molecular flexibility index (Phi) is 6.58. The molecular weight excluding hydrogens is 420 g/mol. The summed E-state index contributed by atoms with van der Waals surface area (Å²) in [6, 6.07) is 3.36. The number of rotatable bonds is 7. The third-order valence-corrected chi connectivity index (χ3v) is 9.11. The monoisotopic (exact) mass is 460 g/mol. The van der Waals surface area contributed by atoms with Gasteiger partial charge >= 0.3 is 5.97 Å². The summed E-state index contributed by atoms with van der Waals surface area (Å²) in [4.78, 5) is 18.4. The predicted octanol–water partition coefficient (Wildman–Crippen LogP) is 3.56. The van der Waals surface area contributed by atoms with E-state index < -0.39 is 0 Å². The molecule has 0 aromatic heterocycles. The normalized spacial score (nSPS) is 31.4. The highest BCUT2D eigenvalue weighted by Gasteiger charge is 2.67. The molecule has 7 heteroatoms. The number of methoxy groups -OCH3 is 3. The summed E-state index contributed by atoms with van der Waals surface area (Å²) in [7, 11) is 6.84. The molecule has 1 heterocycles. The van der Waals surface area contributed by atoms with Gasteiger partial charge in [-0.2, -0.15) is 0 Å². The van der Waals surface area contributed by atoms with Crippen molar-refractivity contribution < 1.29 is 23.7 Å². The fourth-order valence-electron chi connectivity index (χ4n) is 6.65. The number of esters is 1. The van der Waals surface area contributed by atoms with Gasteiger partial charge in [0, 0.05) is 44.1 Å². The molecule has 1 aromatic carbocycles. The van der Waals surface area contributed by atoms with Gasteiger partial charge in [-0.05, 0) is 43.4 Å². The Hall–Kier alpha value is -1.99. The number of likely N-dealkylation sites (N-methyl/N-ethyl adjacent to an activating group) is 1. The third kappa shape index (κ3) is 3.97. The van der Waals surface area contributed by atoms with Gasteiger partial charge in [0.05, 0.1) is 26.9 Å². The third-order valence-electron chi connectivity index (χ3n) is 9.11. The van der Waals surface area contributed by atoms with E-state index in [1.165, 1.54) is 6.42 Å². The minimum Gasteiger partial charge on any atom is -0.493 e. The second kappa shape index (κ2) is 8.99. The lowest BCUT2D eigenvalue weighted by molar-refractivity contribution is -0.0476. The molecule has 2 aliphatic carbocycles. The molecule has 4 atom stereocenters. The molecule has 3 aliphatic rings. The van der Waals surface area contributed by atoms with Gasteiger partial charge in [0.15, 0.2) is 11.5 Å². The number of carbonyl (C=O) groups is 1. The van der Waals surface area contributed by atoms with E-state index in [1.54, 1.807) is 33.5 Å². The molecule has 1 aliphatic heterocycles. The summed E-state index contributed by atoms with van der Waals surface area (Å²) in [5, 5.41) is 0. The summed E-state index contributed by atoms with van der Waals surface area (Å²) in [6.45, 7) is 12.4. The van der Waals surface area contributed by atoms with Crippen LogP contribution in [-0.2, 0) is 4.74 Å². The van der Waals surface area contributed by atoms with Crippen LogP contribution < -0.4 is 14.2 Å². The molecular formula is C26H40N2O5. The van der Waals surface area contributed by atoms with Crippen LogP contribution in [-0.4, -0.2) is 83.0 Å². The van der Waals surface area contributed by atoms with Crippen LogP contribution in [0.4, 0.5) is 0 Å². The van der Waals surface area contributed by atoms with Gasteiger partial charge in [-0.25, -0.2) is 4.79 Å². The molecule has 7 nitrogen and oxygen atoms in total. The highest BCUT2D eigenvalue weighted by atomic mass is 16.5. The van der Waals surface area contributed by atoms with Crippen LogP contribution in [0.1, 0.15) is 44.0 Å². The molecule has 1 aromatic rings. The first kappa shape index (κ1) is 24.1. The van der Waals surface area contributed by atoms with Crippen molar-refractivity contribution in [3.05, 3.63) is 17.7 Å². The van der Waals surface area contributed by atoms with E-state index in [-0.39, 0.29) is 22.9 Å². The minimum atomic E-state index is -0.327. The summed E-state index contributed by atoms with van der Waals surface area (Å²) in [6.07, 6.45) is 2.19. The summed E-state index contributed by atoms with van der Waals surface area (Å²) < 4.78 is 22.7. The van der Waals surface area contributed by atoms with Crippen LogP contribution in [0, 0.1) is 22.7 Å². The van der Waals surface area contributed by atoms with Gasteiger partial charge in [-0.1, -0.05) is 20.8 Å². The van der Waals surface area contributed by atoms with Crippen molar-refractivity contribution in [2.75, 3.05) is 61.1 Å². The number of carbonyl (C=O) groups excluding carboxylic acids is 1. The lowest BCUT2D eigenvalue weighted by Gasteiger charge is -2.41. The first-order valence-corrected chi connectivity index (χ1v) is 12.1. The number of fused-ring (bicyclic) bond motifs is 2. The number of nitrogens with zero attached hydrogens (tertiary/aromatic N) is 2. The SMILES string of the molecule is COc1cc(C(=O)OC2C(CN3CCN(C)CC3)C3CCC2(C)C3(C)C)cc(OC)c1OC. The fourth-order valence-corrected chi connectivity index (χ4v) is 6.65. The smallest absolute Gasteiger partial charge is 0.338 e.